The fraction of sp³-hybridized carbons (Fsp3) is 0. The van der Waals surface area contributed by atoms with Gasteiger partial charge >= 0.3 is 0 Å². The molecule has 156 valence electrons. The Hall–Kier alpha value is -4.01. The number of hydrogen-bond donors (Lipinski definition) is 0. The molecule has 2 nitrogen and oxygen atoms in total. The van der Waals surface area contributed by atoms with Gasteiger partial charge in [0.25, 0.3) is 0 Å². The van der Waals surface area contributed by atoms with Crippen LogP contribution in [0, 0.1) is 0 Å². The van der Waals surface area contributed by atoms with E-state index in [1.54, 1.807) is 0 Å². The second-order valence-corrected chi connectivity index (χ2v) is 8.69. The van der Waals surface area contributed by atoms with Crippen LogP contribution in [0.3, 0.4) is 0 Å². The van der Waals surface area contributed by atoms with E-state index in [4.69, 9.17) is 20.4 Å². The van der Waals surface area contributed by atoms with Crippen LogP contribution in [0.4, 0.5) is 0 Å². The number of para-hydroxylation sites is 3. The van der Waals surface area contributed by atoms with E-state index in [0.29, 0.717) is 5.02 Å². The van der Waals surface area contributed by atoms with Gasteiger partial charge in [-0.25, -0.2) is 0 Å². The highest BCUT2D eigenvalue weighted by molar-refractivity contribution is 6.31. The third kappa shape index (κ3) is 2.75. The minimum absolute atomic E-state index is 0.702. The predicted molar refractivity (Wildman–Crippen MR) is 137 cm³/mol. The van der Waals surface area contributed by atoms with Crippen molar-refractivity contribution >= 4 is 55.5 Å². The van der Waals surface area contributed by atoms with Crippen LogP contribution in [-0.4, -0.2) is 0 Å². The first-order valence-electron chi connectivity index (χ1n) is 10.9. The quantitative estimate of drug-likeness (QED) is 0.265. The molecular formula is C30H17ClO2. The molecule has 0 unspecified atom stereocenters. The average Bonchev–Trinajstić information content (AvgIpc) is 3.42. The second kappa shape index (κ2) is 6.99. The van der Waals surface area contributed by atoms with Crippen molar-refractivity contribution in [3.05, 3.63) is 108 Å². The summed E-state index contributed by atoms with van der Waals surface area (Å²) in [6.45, 7) is 0. The summed E-state index contributed by atoms with van der Waals surface area (Å²) < 4.78 is 12.8. The number of hydrogen-bond acceptors (Lipinski definition) is 2. The van der Waals surface area contributed by atoms with Gasteiger partial charge in [0.1, 0.15) is 22.3 Å². The van der Waals surface area contributed by atoms with Gasteiger partial charge in [-0.3, -0.25) is 0 Å². The van der Waals surface area contributed by atoms with Crippen molar-refractivity contribution in [1.82, 2.24) is 0 Å². The monoisotopic (exact) mass is 444 g/mol. The Morgan fingerprint density at radius 3 is 2.00 bits per heavy atom. The Labute approximate surface area is 194 Å². The minimum Gasteiger partial charge on any atom is -0.455 e. The Morgan fingerprint density at radius 1 is 0.485 bits per heavy atom. The molecule has 2 aromatic heterocycles. The van der Waals surface area contributed by atoms with Crippen LogP contribution < -0.4 is 0 Å². The van der Waals surface area contributed by atoms with Crippen LogP contribution in [0.25, 0.3) is 66.1 Å². The fourth-order valence-electron chi connectivity index (χ4n) is 4.90. The highest BCUT2D eigenvalue weighted by atomic mass is 35.5. The van der Waals surface area contributed by atoms with E-state index in [1.165, 1.54) is 0 Å². The summed E-state index contributed by atoms with van der Waals surface area (Å²) in [4.78, 5) is 0. The van der Waals surface area contributed by atoms with Gasteiger partial charge in [-0.1, -0.05) is 84.4 Å². The maximum absolute atomic E-state index is 6.44. The van der Waals surface area contributed by atoms with Crippen molar-refractivity contribution in [2.45, 2.75) is 0 Å². The highest BCUT2D eigenvalue weighted by Gasteiger charge is 2.20. The highest BCUT2D eigenvalue weighted by Crippen LogP contribution is 2.44. The molecule has 0 saturated carbocycles. The molecule has 0 amide bonds. The van der Waals surface area contributed by atoms with Crippen LogP contribution >= 0.6 is 11.6 Å². The molecule has 0 atom stereocenters. The normalized spacial score (nSPS) is 11.8. The van der Waals surface area contributed by atoms with Gasteiger partial charge in [-0.05, 0) is 41.5 Å². The lowest BCUT2D eigenvalue weighted by atomic mass is 9.94. The zero-order valence-electron chi connectivity index (χ0n) is 17.5. The molecule has 0 bridgehead atoms. The Balaban J connectivity index is 1.61. The standard InChI is InChI=1S/C30H17ClO2/c31-19-8-5-7-18(17-19)20-15-16-22(28-25-10-2-4-14-27(25)33-30(20)28)24-12-6-11-23-21-9-1-3-13-26(21)32-29(23)24/h1-17H. The van der Waals surface area contributed by atoms with E-state index >= 15 is 0 Å². The van der Waals surface area contributed by atoms with Gasteiger partial charge in [0.15, 0.2) is 0 Å². The Bertz CT molecular complexity index is 1840. The summed E-state index contributed by atoms with van der Waals surface area (Å²) in [6.07, 6.45) is 0. The summed E-state index contributed by atoms with van der Waals surface area (Å²) in [5.41, 5.74) is 7.68. The summed E-state index contributed by atoms with van der Waals surface area (Å²) in [5.74, 6) is 0. The van der Waals surface area contributed by atoms with Crippen LogP contribution in [0.5, 0.6) is 0 Å². The summed E-state index contributed by atoms with van der Waals surface area (Å²) in [7, 11) is 0. The number of furan rings is 2. The fourth-order valence-corrected chi connectivity index (χ4v) is 5.09. The molecule has 0 N–H and O–H groups in total. The van der Waals surface area contributed by atoms with E-state index in [0.717, 1.165) is 66.1 Å². The first-order chi connectivity index (χ1) is 16.3. The van der Waals surface area contributed by atoms with E-state index in [-0.39, 0.29) is 0 Å². The zero-order valence-corrected chi connectivity index (χ0v) is 18.3. The molecule has 0 aliphatic heterocycles. The van der Waals surface area contributed by atoms with Gasteiger partial charge in [0.05, 0.1) is 0 Å². The molecule has 0 fully saturated rings. The molecule has 0 spiro atoms. The van der Waals surface area contributed by atoms with Crippen molar-refractivity contribution in [3.63, 3.8) is 0 Å². The van der Waals surface area contributed by atoms with Crippen LogP contribution in [0.1, 0.15) is 0 Å². The lowest BCUT2D eigenvalue weighted by molar-refractivity contribution is 0.669. The van der Waals surface area contributed by atoms with E-state index in [1.807, 2.05) is 48.5 Å². The summed E-state index contributed by atoms with van der Waals surface area (Å²) >= 11 is 6.31. The Morgan fingerprint density at radius 2 is 1.15 bits per heavy atom. The van der Waals surface area contributed by atoms with Gasteiger partial charge in [-0.15, -0.1) is 0 Å². The topological polar surface area (TPSA) is 26.3 Å². The third-order valence-electron chi connectivity index (χ3n) is 6.36. The van der Waals surface area contributed by atoms with Crippen LogP contribution in [0.2, 0.25) is 5.02 Å². The van der Waals surface area contributed by atoms with Crippen LogP contribution in [-0.2, 0) is 0 Å². The second-order valence-electron chi connectivity index (χ2n) is 8.25. The van der Waals surface area contributed by atoms with Crippen molar-refractivity contribution in [1.29, 1.82) is 0 Å². The maximum Gasteiger partial charge on any atom is 0.143 e. The minimum atomic E-state index is 0.702. The van der Waals surface area contributed by atoms with Gasteiger partial charge < -0.3 is 8.83 Å². The molecule has 7 rings (SSSR count). The predicted octanol–water partition coefficient (Wildman–Crippen LogP) is 9.47. The molecule has 5 aromatic carbocycles. The average molecular weight is 445 g/mol. The Kier molecular flexibility index (Phi) is 3.93. The molecule has 0 aliphatic rings. The molecule has 0 aliphatic carbocycles. The largest absolute Gasteiger partial charge is 0.455 e. The van der Waals surface area contributed by atoms with Crippen molar-refractivity contribution in [2.24, 2.45) is 0 Å². The van der Waals surface area contributed by atoms with Crippen LogP contribution in [0.15, 0.2) is 112 Å². The number of halogens is 1. The smallest absolute Gasteiger partial charge is 0.143 e. The van der Waals surface area contributed by atoms with E-state index < -0.39 is 0 Å². The summed E-state index contributed by atoms with van der Waals surface area (Å²) in [6, 6.07) is 34.9. The number of benzene rings is 5. The van der Waals surface area contributed by atoms with E-state index in [9.17, 15) is 0 Å². The van der Waals surface area contributed by atoms with Crippen molar-refractivity contribution in [2.75, 3.05) is 0 Å². The number of rotatable bonds is 2. The molecule has 33 heavy (non-hydrogen) atoms. The SMILES string of the molecule is Clc1cccc(-c2ccc(-c3cccc4c3oc3ccccc34)c3c2oc2ccccc23)c1. The molecule has 0 saturated heterocycles. The lowest BCUT2D eigenvalue weighted by Gasteiger charge is -2.09. The van der Waals surface area contributed by atoms with Crippen molar-refractivity contribution in [3.8, 4) is 22.3 Å². The zero-order chi connectivity index (χ0) is 21.9. The van der Waals surface area contributed by atoms with Gasteiger partial charge in [0.2, 0.25) is 0 Å². The first-order valence-corrected chi connectivity index (χ1v) is 11.3. The van der Waals surface area contributed by atoms with Gasteiger partial charge in [0, 0.05) is 37.7 Å². The first kappa shape index (κ1) is 18.6. The molecule has 7 aromatic rings. The summed E-state index contributed by atoms with van der Waals surface area (Å²) in [5, 5.41) is 5.10. The lowest BCUT2D eigenvalue weighted by Crippen LogP contribution is -1.85. The van der Waals surface area contributed by atoms with Gasteiger partial charge in [-0.2, -0.15) is 0 Å². The number of fused-ring (bicyclic) bond motifs is 6. The molecular weight excluding hydrogens is 428 g/mol. The molecule has 3 heteroatoms. The van der Waals surface area contributed by atoms with E-state index in [2.05, 4.69) is 54.6 Å². The third-order valence-corrected chi connectivity index (χ3v) is 6.59. The maximum atomic E-state index is 6.44. The molecule has 0 radical (unpaired) electrons. The van der Waals surface area contributed by atoms with Crippen molar-refractivity contribution < 1.29 is 8.83 Å². The molecule has 2 heterocycles.